The Balaban J connectivity index is 1.37. The Labute approximate surface area is 163 Å². The van der Waals surface area contributed by atoms with Crippen molar-refractivity contribution < 1.29 is 9.59 Å². The molecule has 2 amide bonds. The molecular formula is C20H23ClN4O2. The number of rotatable bonds is 3. The van der Waals surface area contributed by atoms with Gasteiger partial charge in [-0.05, 0) is 42.5 Å². The summed E-state index contributed by atoms with van der Waals surface area (Å²) in [7, 11) is 1.92. The summed E-state index contributed by atoms with van der Waals surface area (Å²) < 4.78 is 1.82. The molecule has 2 aliphatic rings. The van der Waals surface area contributed by atoms with E-state index in [1.54, 1.807) is 17.0 Å². The lowest BCUT2D eigenvalue weighted by atomic mass is 9.91. The molecule has 2 fully saturated rings. The van der Waals surface area contributed by atoms with Crippen LogP contribution >= 0.6 is 11.6 Å². The van der Waals surface area contributed by atoms with Crippen molar-refractivity contribution in [2.75, 3.05) is 24.5 Å². The van der Waals surface area contributed by atoms with Crippen LogP contribution in [-0.4, -0.2) is 46.1 Å². The van der Waals surface area contributed by atoms with Crippen molar-refractivity contribution in [3.8, 4) is 0 Å². The second-order valence-electron chi connectivity index (χ2n) is 7.43. The lowest BCUT2D eigenvalue weighted by molar-refractivity contribution is -0.136. The number of hydrogen-bond acceptors (Lipinski definition) is 3. The topological polar surface area (TPSA) is 58.4 Å². The van der Waals surface area contributed by atoms with Gasteiger partial charge in [0.05, 0.1) is 12.1 Å². The summed E-state index contributed by atoms with van der Waals surface area (Å²) in [4.78, 5) is 29.0. The van der Waals surface area contributed by atoms with E-state index in [4.69, 9.17) is 11.6 Å². The predicted molar refractivity (Wildman–Crippen MR) is 104 cm³/mol. The molecule has 1 atom stereocenters. The van der Waals surface area contributed by atoms with Crippen LogP contribution in [0.3, 0.4) is 0 Å². The van der Waals surface area contributed by atoms with E-state index in [2.05, 4.69) is 11.3 Å². The zero-order valence-corrected chi connectivity index (χ0v) is 16.1. The van der Waals surface area contributed by atoms with Crippen molar-refractivity contribution in [3.05, 3.63) is 47.2 Å². The molecule has 27 heavy (non-hydrogen) atoms. The van der Waals surface area contributed by atoms with E-state index < -0.39 is 0 Å². The summed E-state index contributed by atoms with van der Waals surface area (Å²) in [6.45, 7) is 1.90. The van der Waals surface area contributed by atoms with E-state index in [9.17, 15) is 9.59 Å². The summed E-state index contributed by atoms with van der Waals surface area (Å²) in [5.74, 6) is 0.265. The number of halogens is 1. The third-order valence-corrected chi connectivity index (χ3v) is 5.83. The van der Waals surface area contributed by atoms with Gasteiger partial charge in [0, 0.05) is 50.0 Å². The first-order valence-corrected chi connectivity index (χ1v) is 9.72. The van der Waals surface area contributed by atoms with Crippen LogP contribution in [0.2, 0.25) is 5.02 Å². The molecule has 3 heterocycles. The Hall–Kier alpha value is -2.34. The molecule has 0 N–H and O–H groups in total. The molecule has 0 radical (unpaired) electrons. The van der Waals surface area contributed by atoms with E-state index in [-0.39, 0.29) is 24.2 Å². The minimum atomic E-state index is -0.272. The number of benzene rings is 1. The van der Waals surface area contributed by atoms with Crippen molar-refractivity contribution in [1.29, 1.82) is 0 Å². The monoisotopic (exact) mass is 386 g/mol. The van der Waals surface area contributed by atoms with Gasteiger partial charge in [-0.15, -0.1) is 0 Å². The van der Waals surface area contributed by atoms with Crippen molar-refractivity contribution in [1.82, 2.24) is 14.7 Å². The highest BCUT2D eigenvalue weighted by Crippen LogP contribution is 2.31. The van der Waals surface area contributed by atoms with Gasteiger partial charge in [-0.2, -0.15) is 5.10 Å². The number of nitrogens with zero attached hydrogens (tertiary/aromatic N) is 4. The molecule has 6 nitrogen and oxygen atoms in total. The Bertz CT molecular complexity index is 857. The number of likely N-dealkylation sites (tertiary alicyclic amines) is 1. The van der Waals surface area contributed by atoms with Crippen LogP contribution in [0.5, 0.6) is 0 Å². The van der Waals surface area contributed by atoms with Gasteiger partial charge < -0.3 is 9.80 Å². The Morgan fingerprint density at radius 1 is 1.26 bits per heavy atom. The lowest BCUT2D eigenvalue weighted by Crippen LogP contribution is -2.42. The maximum Gasteiger partial charge on any atom is 0.228 e. The number of aromatic nitrogens is 2. The molecule has 0 bridgehead atoms. The summed E-state index contributed by atoms with van der Waals surface area (Å²) in [6, 6.07) is 7.23. The van der Waals surface area contributed by atoms with Crippen LogP contribution in [-0.2, 0) is 16.6 Å². The fourth-order valence-corrected chi connectivity index (χ4v) is 4.29. The van der Waals surface area contributed by atoms with Crippen LogP contribution in [0.25, 0.3) is 0 Å². The molecule has 1 unspecified atom stereocenters. The predicted octanol–water partition coefficient (Wildman–Crippen LogP) is 2.83. The molecule has 2 aliphatic heterocycles. The Morgan fingerprint density at radius 3 is 2.70 bits per heavy atom. The summed E-state index contributed by atoms with van der Waals surface area (Å²) in [5.41, 5.74) is 2.01. The number of carbonyl (C=O) groups excluding carboxylic acids is 2. The average molecular weight is 387 g/mol. The molecule has 1 aromatic heterocycles. The molecule has 1 aromatic carbocycles. The molecule has 0 saturated carbocycles. The van der Waals surface area contributed by atoms with Crippen LogP contribution in [0, 0.1) is 5.92 Å². The Kier molecular flexibility index (Phi) is 4.91. The van der Waals surface area contributed by atoms with E-state index in [1.165, 1.54) is 5.56 Å². The van der Waals surface area contributed by atoms with Crippen molar-refractivity contribution in [2.24, 2.45) is 13.0 Å². The highest BCUT2D eigenvalue weighted by molar-refractivity contribution is 6.31. The summed E-state index contributed by atoms with van der Waals surface area (Å²) in [6.07, 6.45) is 6.13. The molecule has 7 heteroatoms. The number of carbonyl (C=O) groups is 2. The number of piperidine rings is 1. The van der Waals surface area contributed by atoms with Gasteiger partial charge in [-0.1, -0.05) is 17.7 Å². The second kappa shape index (κ2) is 7.35. The zero-order chi connectivity index (χ0) is 19.0. The highest BCUT2D eigenvalue weighted by atomic mass is 35.5. The quantitative estimate of drug-likeness (QED) is 0.815. The van der Waals surface area contributed by atoms with Crippen molar-refractivity contribution in [3.63, 3.8) is 0 Å². The van der Waals surface area contributed by atoms with Gasteiger partial charge in [-0.3, -0.25) is 14.3 Å². The minimum absolute atomic E-state index is 0.0131. The first-order valence-electron chi connectivity index (χ1n) is 9.34. The Morgan fingerprint density at radius 2 is 2.04 bits per heavy atom. The molecule has 0 spiro atoms. The normalized spacial score (nSPS) is 21.1. The molecule has 142 valence electrons. The number of anilines is 1. The maximum atomic E-state index is 12.9. The summed E-state index contributed by atoms with van der Waals surface area (Å²) >= 11 is 6.04. The minimum Gasteiger partial charge on any atom is -0.342 e. The third kappa shape index (κ3) is 3.72. The maximum absolute atomic E-state index is 12.9. The molecule has 4 rings (SSSR count). The molecule has 2 aromatic rings. The number of amides is 2. The molecular weight excluding hydrogens is 364 g/mol. The van der Waals surface area contributed by atoms with Gasteiger partial charge in [-0.25, -0.2) is 0 Å². The first-order chi connectivity index (χ1) is 13.0. The largest absolute Gasteiger partial charge is 0.342 e. The van der Waals surface area contributed by atoms with Gasteiger partial charge in [0.1, 0.15) is 0 Å². The first kappa shape index (κ1) is 18.0. The molecule has 0 aliphatic carbocycles. The van der Waals surface area contributed by atoms with Crippen LogP contribution in [0.1, 0.15) is 30.7 Å². The SMILES string of the molecule is Cn1cc(C2CCN(C(=O)C3CC(=O)N(c4cccc(Cl)c4)C3)CC2)cn1. The van der Waals surface area contributed by atoms with E-state index >= 15 is 0 Å². The van der Waals surface area contributed by atoms with Crippen LogP contribution in [0.4, 0.5) is 5.69 Å². The van der Waals surface area contributed by atoms with Crippen molar-refractivity contribution >= 4 is 29.1 Å². The lowest BCUT2D eigenvalue weighted by Gasteiger charge is -2.33. The second-order valence-corrected chi connectivity index (χ2v) is 7.87. The third-order valence-electron chi connectivity index (χ3n) is 5.60. The fraction of sp³-hybridized carbons (Fsp3) is 0.450. The molecule has 2 saturated heterocycles. The van der Waals surface area contributed by atoms with E-state index in [0.717, 1.165) is 31.6 Å². The van der Waals surface area contributed by atoms with E-state index in [1.807, 2.05) is 35.0 Å². The summed E-state index contributed by atoms with van der Waals surface area (Å²) in [5, 5.41) is 4.83. The fourth-order valence-electron chi connectivity index (χ4n) is 4.11. The van der Waals surface area contributed by atoms with Crippen LogP contribution in [0.15, 0.2) is 36.7 Å². The van der Waals surface area contributed by atoms with Gasteiger partial charge in [0.2, 0.25) is 11.8 Å². The highest BCUT2D eigenvalue weighted by Gasteiger charge is 2.38. The van der Waals surface area contributed by atoms with E-state index in [0.29, 0.717) is 17.5 Å². The van der Waals surface area contributed by atoms with Gasteiger partial charge >= 0.3 is 0 Å². The van der Waals surface area contributed by atoms with Gasteiger partial charge in [0.25, 0.3) is 0 Å². The smallest absolute Gasteiger partial charge is 0.228 e. The average Bonchev–Trinajstić information content (AvgIpc) is 3.27. The van der Waals surface area contributed by atoms with Gasteiger partial charge in [0.15, 0.2) is 0 Å². The van der Waals surface area contributed by atoms with Crippen molar-refractivity contribution in [2.45, 2.75) is 25.2 Å². The van der Waals surface area contributed by atoms with Crippen LogP contribution < -0.4 is 4.90 Å². The zero-order valence-electron chi connectivity index (χ0n) is 15.3. The number of aryl methyl sites for hydroxylation is 1. The standard InChI is InChI=1S/C20H23ClN4O2/c1-23-12-16(11-22-23)14-5-7-24(8-6-14)20(27)15-9-19(26)25(13-15)18-4-2-3-17(21)10-18/h2-4,10-12,14-15H,5-9,13H2,1H3. The number of hydrogen-bond donors (Lipinski definition) is 0.